The zero-order valence-electron chi connectivity index (χ0n) is 5.06. The van der Waals surface area contributed by atoms with Crippen molar-refractivity contribution in [2.75, 3.05) is 13.2 Å². The van der Waals surface area contributed by atoms with Gasteiger partial charge in [-0.25, -0.2) is 0 Å². The molecule has 0 spiro atoms. The maximum absolute atomic E-state index is 8.47. The van der Waals surface area contributed by atoms with Gasteiger partial charge in [0, 0.05) is 19.5 Å². The molecule has 0 aliphatic heterocycles. The van der Waals surface area contributed by atoms with Crippen molar-refractivity contribution in [3.05, 3.63) is 0 Å². The minimum absolute atomic E-state index is 0. The molecule has 0 aliphatic carbocycles. The Morgan fingerprint density at radius 2 is 1.11 bits per heavy atom. The third-order valence-corrected chi connectivity index (χ3v) is 0.818. The summed E-state index contributed by atoms with van der Waals surface area (Å²) >= 11 is 0. The average molecular weight is 188 g/mol. The van der Waals surface area contributed by atoms with Gasteiger partial charge in [0.05, 0.1) is 13.2 Å². The molecule has 52 valence electrons. The first-order valence-corrected chi connectivity index (χ1v) is 2.30. The average Bonchev–Trinajstić information content (AvgIpc) is 1.84. The van der Waals surface area contributed by atoms with Crippen LogP contribution in [0.1, 0.15) is 0 Å². The van der Waals surface area contributed by atoms with E-state index in [1.165, 1.54) is 0 Å². The summed E-state index contributed by atoms with van der Waals surface area (Å²) < 4.78 is 0. The summed E-state index contributed by atoms with van der Waals surface area (Å²) in [6.07, 6.45) is -2.44. The van der Waals surface area contributed by atoms with Crippen molar-refractivity contribution in [3.8, 4) is 0 Å². The molecule has 0 fully saturated rings. The topological polar surface area (TPSA) is 80.9 Å². The van der Waals surface area contributed by atoms with Crippen molar-refractivity contribution in [1.29, 1.82) is 0 Å². The summed E-state index contributed by atoms with van der Waals surface area (Å²) in [5, 5.41) is 33.2. The van der Waals surface area contributed by atoms with Gasteiger partial charge in [0.1, 0.15) is 12.2 Å². The van der Waals surface area contributed by atoms with E-state index in [4.69, 9.17) is 20.4 Å². The van der Waals surface area contributed by atoms with Crippen molar-refractivity contribution in [3.63, 3.8) is 0 Å². The summed E-state index contributed by atoms with van der Waals surface area (Å²) in [5.41, 5.74) is 0. The van der Waals surface area contributed by atoms with Gasteiger partial charge in [0.25, 0.3) is 0 Å². The second kappa shape index (κ2) is 6.58. The zero-order valence-corrected chi connectivity index (χ0v) is 8.03. The first-order valence-electron chi connectivity index (χ1n) is 2.30. The molecule has 0 saturated heterocycles. The van der Waals surface area contributed by atoms with Crippen molar-refractivity contribution < 1.29 is 39.9 Å². The van der Waals surface area contributed by atoms with E-state index in [0.29, 0.717) is 0 Å². The Bertz CT molecular complexity index is 52.5. The number of aliphatic hydroxyl groups excluding tert-OH is 4. The van der Waals surface area contributed by atoms with Crippen LogP contribution in [-0.2, 0) is 19.5 Å². The van der Waals surface area contributed by atoms with E-state index < -0.39 is 25.4 Å². The van der Waals surface area contributed by atoms with Crippen LogP contribution in [0.25, 0.3) is 0 Å². The fourth-order valence-corrected chi connectivity index (χ4v) is 0.243. The Balaban J connectivity index is 0. The molecule has 2 atom stereocenters. The minimum atomic E-state index is -1.22. The maximum Gasteiger partial charge on any atom is 0.105 e. The van der Waals surface area contributed by atoms with Crippen molar-refractivity contribution in [2.24, 2.45) is 0 Å². The number of hydrogen-bond acceptors (Lipinski definition) is 4. The van der Waals surface area contributed by atoms with Crippen LogP contribution in [0.4, 0.5) is 0 Å². The molecule has 4 N–H and O–H groups in total. The molecule has 9 heavy (non-hydrogen) atoms. The standard InChI is InChI=1S/C4H10O4.Zn/c5-1-3(7)4(8)2-6;/h3-8H,1-2H2;/t3-,4+;. The van der Waals surface area contributed by atoms with Crippen LogP contribution < -0.4 is 0 Å². The van der Waals surface area contributed by atoms with E-state index in [0.717, 1.165) is 0 Å². The smallest absolute Gasteiger partial charge is 0.105 e. The quantitative estimate of drug-likeness (QED) is 0.374. The molecule has 0 bridgehead atoms. The van der Waals surface area contributed by atoms with Crippen LogP contribution in [0.15, 0.2) is 0 Å². The van der Waals surface area contributed by atoms with Gasteiger partial charge >= 0.3 is 0 Å². The van der Waals surface area contributed by atoms with E-state index in [2.05, 4.69) is 0 Å². The Hall–Kier alpha value is 0.463. The third kappa shape index (κ3) is 4.94. The summed E-state index contributed by atoms with van der Waals surface area (Å²) in [7, 11) is 0. The molecule has 0 radical (unpaired) electrons. The number of hydrogen-bond donors (Lipinski definition) is 4. The molecule has 0 rings (SSSR count). The molecule has 0 aliphatic rings. The third-order valence-electron chi connectivity index (χ3n) is 0.818. The fraction of sp³-hybridized carbons (Fsp3) is 1.00. The minimum Gasteiger partial charge on any atom is -0.394 e. The molecule has 0 saturated carbocycles. The normalized spacial score (nSPS) is 16.0. The van der Waals surface area contributed by atoms with Gasteiger partial charge in [0.15, 0.2) is 0 Å². The van der Waals surface area contributed by atoms with Gasteiger partial charge in [-0.3, -0.25) is 0 Å². The molecule has 0 amide bonds. The number of aliphatic hydroxyl groups is 4. The van der Waals surface area contributed by atoms with Gasteiger partial charge < -0.3 is 20.4 Å². The molecule has 0 aromatic heterocycles. The molecular weight excluding hydrogens is 177 g/mol. The maximum atomic E-state index is 8.47. The summed E-state index contributed by atoms with van der Waals surface area (Å²) in [6, 6.07) is 0. The van der Waals surface area contributed by atoms with E-state index in [-0.39, 0.29) is 19.5 Å². The monoisotopic (exact) mass is 186 g/mol. The van der Waals surface area contributed by atoms with E-state index in [1.54, 1.807) is 0 Å². The summed E-state index contributed by atoms with van der Waals surface area (Å²) in [4.78, 5) is 0. The zero-order chi connectivity index (χ0) is 6.57. The van der Waals surface area contributed by atoms with E-state index in [9.17, 15) is 0 Å². The van der Waals surface area contributed by atoms with Gasteiger partial charge in [-0.1, -0.05) is 0 Å². The van der Waals surface area contributed by atoms with Gasteiger partial charge in [-0.2, -0.15) is 0 Å². The Morgan fingerprint density at radius 1 is 0.889 bits per heavy atom. The molecule has 4 nitrogen and oxygen atoms in total. The molecule has 0 aromatic carbocycles. The molecule has 0 aromatic rings. The van der Waals surface area contributed by atoms with Crippen molar-refractivity contribution in [2.45, 2.75) is 12.2 Å². The number of rotatable bonds is 3. The van der Waals surface area contributed by atoms with Crippen LogP contribution in [0.2, 0.25) is 0 Å². The fourth-order valence-electron chi connectivity index (χ4n) is 0.243. The van der Waals surface area contributed by atoms with Gasteiger partial charge in [-0.05, 0) is 0 Å². The Labute approximate surface area is 65.9 Å². The molecule has 0 heterocycles. The van der Waals surface area contributed by atoms with Gasteiger partial charge in [0.2, 0.25) is 0 Å². The Kier molecular flexibility index (Phi) is 8.90. The molecule has 5 heteroatoms. The summed E-state index contributed by atoms with van der Waals surface area (Å²) in [5.74, 6) is 0. The molecule has 0 unspecified atom stereocenters. The summed E-state index contributed by atoms with van der Waals surface area (Å²) in [6.45, 7) is -1.05. The van der Waals surface area contributed by atoms with E-state index >= 15 is 0 Å². The predicted octanol–water partition coefficient (Wildman–Crippen LogP) is -2.31. The van der Waals surface area contributed by atoms with Crippen LogP contribution in [-0.4, -0.2) is 45.8 Å². The first kappa shape index (κ1) is 12.2. The SMILES string of the molecule is OC[C@@H](O)[C@@H](O)CO.[Zn]. The Morgan fingerprint density at radius 3 is 1.22 bits per heavy atom. The second-order valence-electron chi connectivity index (χ2n) is 1.50. The van der Waals surface area contributed by atoms with Crippen LogP contribution in [0.3, 0.4) is 0 Å². The van der Waals surface area contributed by atoms with E-state index in [1.807, 2.05) is 0 Å². The van der Waals surface area contributed by atoms with Crippen LogP contribution in [0.5, 0.6) is 0 Å². The largest absolute Gasteiger partial charge is 0.394 e. The second-order valence-corrected chi connectivity index (χ2v) is 1.50. The van der Waals surface area contributed by atoms with Gasteiger partial charge in [-0.15, -0.1) is 0 Å². The predicted molar refractivity (Wildman–Crippen MR) is 26.2 cm³/mol. The van der Waals surface area contributed by atoms with Crippen molar-refractivity contribution in [1.82, 2.24) is 0 Å². The van der Waals surface area contributed by atoms with Crippen LogP contribution in [0, 0.1) is 0 Å². The van der Waals surface area contributed by atoms with Crippen molar-refractivity contribution >= 4 is 0 Å². The first-order chi connectivity index (χ1) is 3.72. The van der Waals surface area contributed by atoms with Crippen LogP contribution >= 0.6 is 0 Å². The molecular formula is C4H10O4Zn.